The number of aromatic amines is 1. The van der Waals surface area contributed by atoms with Gasteiger partial charge < -0.3 is 10.3 Å². The smallest absolute Gasteiger partial charge is 0.125 e. The van der Waals surface area contributed by atoms with E-state index in [0.29, 0.717) is 12.1 Å². The maximum Gasteiger partial charge on any atom is 0.125 e. The van der Waals surface area contributed by atoms with Gasteiger partial charge in [-0.25, -0.2) is 4.98 Å². The fourth-order valence-electron chi connectivity index (χ4n) is 2.56. The molecule has 2 aromatic rings. The highest BCUT2D eigenvalue weighted by atomic mass is 15.2. The fraction of sp³-hybridized carbons (Fsp3) is 0.500. The van der Waals surface area contributed by atoms with Crippen LogP contribution in [0.15, 0.2) is 24.3 Å². The van der Waals surface area contributed by atoms with Crippen LogP contribution in [0, 0.1) is 0 Å². The van der Waals surface area contributed by atoms with E-state index in [1.54, 1.807) is 0 Å². The number of imidazole rings is 1. The highest BCUT2D eigenvalue weighted by Gasteiger charge is 2.24. The molecule has 18 heavy (non-hydrogen) atoms. The zero-order valence-corrected chi connectivity index (χ0v) is 11.0. The maximum atomic E-state index is 4.69. The Bertz CT molecular complexity index is 498. The van der Waals surface area contributed by atoms with E-state index in [-0.39, 0.29) is 0 Å². The van der Waals surface area contributed by atoms with E-state index >= 15 is 0 Å². The van der Waals surface area contributed by atoms with E-state index in [0.717, 1.165) is 36.5 Å². The number of benzene rings is 1. The summed E-state index contributed by atoms with van der Waals surface area (Å²) in [4.78, 5) is 10.6. The third-order valence-electron chi connectivity index (χ3n) is 3.67. The van der Waals surface area contributed by atoms with Gasteiger partial charge in [-0.2, -0.15) is 0 Å². The van der Waals surface area contributed by atoms with Crippen LogP contribution in [-0.2, 0) is 0 Å². The molecular weight excluding hydrogens is 224 g/mol. The Morgan fingerprint density at radius 2 is 2.17 bits per heavy atom. The van der Waals surface area contributed by atoms with Gasteiger partial charge in [-0.05, 0) is 26.0 Å². The number of nitrogens with one attached hydrogen (secondary N) is 2. The molecule has 1 atom stereocenters. The minimum atomic E-state index is 0.313. The van der Waals surface area contributed by atoms with Crippen molar-refractivity contribution in [1.29, 1.82) is 0 Å². The Labute approximate surface area is 107 Å². The van der Waals surface area contributed by atoms with E-state index in [4.69, 9.17) is 0 Å². The van der Waals surface area contributed by atoms with Crippen LogP contribution in [0.4, 0.5) is 0 Å². The highest BCUT2D eigenvalue weighted by molar-refractivity contribution is 5.74. The van der Waals surface area contributed by atoms with E-state index in [1.165, 1.54) is 0 Å². The zero-order chi connectivity index (χ0) is 12.5. The van der Waals surface area contributed by atoms with Crippen molar-refractivity contribution in [2.45, 2.75) is 25.9 Å². The fourth-order valence-corrected chi connectivity index (χ4v) is 2.56. The van der Waals surface area contributed by atoms with Crippen LogP contribution >= 0.6 is 0 Å². The molecule has 0 saturated carbocycles. The predicted molar refractivity (Wildman–Crippen MR) is 73.5 cm³/mol. The quantitative estimate of drug-likeness (QED) is 0.848. The van der Waals surface area contributed by atoms with Gasteiger partial charge in [-0.3, -0.25) is 4.90 Å². The Balaban J connectivity index is 1.85. The molecule has 2 N–H and O–H groups in total. The SMILES string of the molecule is CC(C)N1CCN[C@H](c2nc3ccccc3[nH]2)C1. The summed E-state index contributed by atoms with van der Waals surface area (Å²) in [6, 6.07) is 9.11. The molecule has 0 amide bonds. The minimum Gasteiger partial charge on any atom is -0.341 e. The molecule has 1 aromatic carbocycles. The molecule has 0 unspecified atom stereocenters. The molecule has 2 heterocycles. The van der Waals surface area contributed by atoms with Gasteiger partial charge in [-0.1, -0.05) is 12.1 Å². The first kappa shape index (κ1) is 11.7. The standard InChI is InChI=1S/C14H20N4/c1-10(2)18-8-7-15-13(9-18)14-16-11-5-3-4-6-12(11)17-14/h3-6,10,13,15H,7-9H2,1-2H3,(H,16,17)/t13-/m0/s1. The number of fused-ring (bicyclic) bond motifs is 1. The number of aromatic nitrogens is 2. The molecule has 4 nitrogen and oxygen atoms in total. The normalized spacial score (nSPS) is 21.8. The Hall–Kier alpha value is -1.39. The lowest BCUT2D eigenvalue weighted by atomic mass is 10.1. The maximum absolute atomic E-state index is 4.69. The summed E-state index contributed by atoms with van der Waals surface area (Å²) < 4.78 is 0. The van der Waals surface area contributed by atoms with E-state index < -0.39 is 0 Å². The molecule has 0 aliphatic carbocycles. The van der Waals surface area contributed by atoms with Gasteiger partial charge in [-0.15, -0.1) is 0 Å². The van der Waals surface area contributed by atoms with Crippen LogP contribution in [0.2, 0.25) is 0 Å². The lowest BCUT2D eigenvalue weighted by Gasteiger charge is -2.35. The number of hydrogen-bond donors (Lipinski definition) is 2. The van der Waals surface area contributed by atoms with Crippen LogP contribution in [-0.4, -0.2) is 40.5 Å². The van der Waals surface area contributed by atoms with E-state index in [9.17, 15) is 0 Å². The number of hydrogen-bond acceptors (Lipinski definition) is 3. The third-order valence-corrected chi connectivity index (χ3v) is 3.67. The van der Waals surface area contributed by atoms with Gasteiger partial charge in [0.15, 0.2) is 0 Å². The van der Waals surface area contributed by atoms with Crippen LogP contribution in [0.1, 0.15) is 25.7 Å². The van der Waals surface area contributed by atoms with Crippen molar-refractivity contribution < 1.29 is 0 Å². The van der Waals surface area contributed by atoms with E-state index in [1.807, 2.05) is 12.1 Å². The van der Waals surface area contributed by atoms with Crippen molar-refractivity contribution in [2.24, 2.45) is 0 Å². The van der Waals surface area contributed by atoms with Crippen molar-refractivity contribution >= 4 is 11.0 Å². The van der Waals surface area contributed by atoms with Crippen molar-refractivity contribution in [1.82, 2.24) is 20.2 Å². The highest BCUT2D eigenvalue weighted by Crippen LogP contribution is 2.19. The topological polar surface area (TPSA) is 44.0 Å². The Morgan fingerprint density at radius 3 is 2.94 bits per heavy atom. The van der Waals surface area contributed by atoms with Crippen LogP contribution in [0.25, 0.3) is 11.0 Å². The largest absolute Gasteiger partial charge is 0.341 e. The summed E-state index contributed by atoms with van der Waals surface area (Å²) in [5.41, 5.74) is 2.17. The molecule has 96 valence electrons. The number of H-pyrrole nitrogens is 1. The molecule has 3 rings (SSSR count). The number of rotatable bonds is 2. The number of para-hydroxylation sites is 2. The minimum absolute atomic E-state index is 0.313. The van der Waals surface area contributed by atoms with Crippen molar-refractivity contribution in [3.8, 4) is 0 Å². The first-order chi connectivity index (χ1) is 8.74. The molecule has 1 aliphatic heterocycles. The molecule has 1 aliphatic rings. The number of nitrogens with zero attached hydrogens (tertiary/aromatic N) is 2. The van der Waals surface area contributed by atoms with Gasteiger partial charge >= 0.3 is 0 Å². The lowest BCUT2D eigenvalue weighted by molar-refractivity contribution is 0.159. The van der Waals surface area contributed by atoms with E-state index in [2.05, 4.69) is 46.2 Å². The molecule has 1 saturated heterocycles. The molecule has 4 heteroatoms. The Morgan fingerprint density at radius 1 is 1.33 bits per heavy atom. The molecule has 1 aromatic heterocycles. The van der Waals surface area contributed by atoms with Gasteiger partial charge in [0.05, 0.1) is 17.1 Å². The molecule has 0 bridgehead atoms. The summed E-state index contributed by atoms with van der Waals surface area (Å²) in [5, 5.41) is 3.55. The summed E-state index contributed by atoms with van der Waals surface area (Å²) in [7, 11) is 0. The van der Waals surface area contributed by atoms with Gasteiger partial charge in [0.2, 0.25) is 0 Å². The monoisotopic (exact) mass is 244 g/mol. The second kappa shape index (κ2) is 4.71. The molecular formula is C14H20N4. The van der Waals surface area contributed by atoms with Crippen molar-refractivity contribution in [2.75, 3.05) is 19.6 Å². The van der Waals surface area contributed by atoms with Crippen molar-refractivity contribution in [3.05, 3.63) is 30.1 Å². The summed E-state index contributed by atoms with van der Waals surface area (Å²) in [5.74, 6) is 1.06. The second-order valence-corrected chi connectivity index (χ2v) is 5.23. The molecule has 0 spiro atoms. The van der Waals surface area contributed by atoms with Crippen LogP contribution in [0.5, 0.6) is 0 Å². The average molecular weight is 244 g/mol. The van der Waals surface area contributed by atoms with Crippen LogP contribution < -0.4 is 5.32 Å². The van der Waals surface area contributed by atoms with Gasteiger partial charge in [0, 0.05) is 25.7 Å². The lowest BCUT2D eigenvalue weighted by Crippen LogP contribution is -2.48. The number of piperazine rings is 1. The zero-order valence-electron chi connectivity index (χ0n) is 11.0. The molecule has 0 radical (unpaired) electrons. The molecule has 1 fully saturated rings. The first-order valence-corrected chi connectivity index (χ1v) is 6.66. The van der Waals surface area contributed by atoms with Gasteiger partial charge in [0.1, 0.15) is 5.82 Å². The second-order valence-electron chi connectivity index (χ2n) is 5.23. The van der Waals surface area contributed by atoms with Crippen molar-refractivity contribution in [3.63, 3.8) is 0 Å². The van der Waals surface area contributed by atoms with Crippen LogP contribution in [0.3, 0.4) is 0 Å². The average Bonchev–Trinajstić information content (AvgIpc) is 2.82. The van der Waals surface area contributed by atoms with Gasteiger partial charge in [0.25, 0.3) is 0 Å². The summed E-state index contributed by atoms with van der Waals surface area (Å²) >= 11 is 0. The summed E-state index contributed by atoms with van der Waals surface area (Å²) in [6.07, 6.45) is 0. The Kier molecular flexibility index (Phi) is 3.06. The third kappa shape index (κ3) is 2.13. The first-order valence-electron chi connectivity index (χ1n) is 6.66. The predicted octanol–water partition coefficient (Wildman–Crippen LogP) is 1.92. The summed E-state index contributed by atoms with van der Waals surface area (Å²) in [6.45, 7) is 7.67.